The number of carbonyl (C=O) groups excluding carboxylic acids is 1. The number of nitrogens with two attached hydrogens (primary N) is 1. The van der Waals surface area contributed by atoms with E-state index < -0.39 is 0 Å². The summed E-state index contributed by atoms with van der Waals surface area (Å²) in [6.07, 6.45) is 8.12. The standard InChI is InChI=1S/C11H21N3O2S/c1-17-11(5-3-2-4-6-11)8-13-10(15)7-9(12)14-16/h16H,2-8H2,1H3,(H2,12,14)(H,13,15). The van der Waals surface area contributed by atoms with Crippen LogP contribution in [-0.4, -0.2) is 34.5 Å². The lowest BCUT2D eigenvalue weighted by atomic mass is 9.88. The number of nitrogens with zero attached hydrogens (tertiary/aromatic N) is 1. The van der Waals surface area contributed by atoms with Gasteiger partial charge >= 0.3 is 0 Å². The summed E-state index contributed by atoms with van der Waals surface area (Å²) in [6.45, 7) is 0.672. The van der Waals surface area contributed by atoms with Gasteiger partial charge in [-0.1, -0.05) is 24.4 Å². The molecular formula is C11H21N3O2S. The summed E-state index contributed by atoms with van der Waals surface area (Å²) < 4.78 is 0.180. The Kier molecular flexibility index (Phi) is 5.61. The fourth-order valence-electron chi connectivity index (χ4n) is 2.17. The first kappa shape index (κ1) is 14.2. The molecule has 1 fully saturated rings. The molecule has 6 heteroatoms. The molecule has 5 nitrogen and oxygen atoms in total. The predicted octanol–water partition coefficient (Wildman–Crippen LogP) is 1.30. The molecule has 0 saturated heterocycles. The molecule has 1 rings (SSSR count). The summed E-state index contributed by atoms with van der Waals surface area (Å²) in [7, 11) is 0. The summed E-state index contributed by atoms with van der Waals surface area (Å²) in [6, 6.07) is 0. The molecule has 0 atom stereocenters. The molecule has 98 valence electrons. The maximum atomic E-state index is 11.5. The Morgan fingerprint density at radius 3 is 2.65 bits per heavy atom. The third-order valence-corrected chi connectivity index (χ3v) is 4.69. The Hall–Kier alpha value is -0.910. The van der Waals surface area contributed by atoms with Gasteiger partial charge in [0.05, 0.1) is 6.42 Å². The summed E-state index contributed by atoms with van der Waals surface area (Å²) >= 11 is 1.83. The Balaban J connectivity index is 2.39. The molecule has 1 saturated carbocycles. The molecule has 0 heterocycles. The highest BCUT2D eigenvalue weighted by Crippen LogP contribution is 2.37. The van der Waals surface area contributed by atoms with Gasteiger partial charge in [0.25, 0.3) is 0 Å². The number of oxime groups is 1. The fourth-order valence-corrected chi connectivity index (χ4v) is 3.08. The molecule has 1 aliphatic carbocycles. The number of hydrogen-bond acceptors (Lipinski definition) is 4. The molecule has 0 aliphatic heterocycles. The van der Waals surface area contributed by atoms with Crippen LogP contribution in [0.5, 0.6) is 0 Å². The first-order valence-corrected chi connectivity index (χ1v) is 7.12. The van der Waals surface area contributed by atoms with Gasteiger partial charge in [-0.15, -0.1) is 0 Å². The average Bonchev–Trinajstić information content (AvgIpc) is 2.37. The van der Waals surface area contributed by atoms with Gasteiger partial charge in [-0.3, -0.25) is 4.79 Å². The van der Waals surface area contributed by atoms with Gasteiger partial charge in [-0.2, -0.15) is 11.8 Å². The maximum absolute atomic E-state index is 11.5. The van der Waals surface area contributed by atoms with Crippen molar-refractivity contribution in [2.24, 2.45) is 10.9 Å². The SMILES string of the molecule is CSC1(CNC(=O)CC(N)=NO)CCCCC1. The fraction of sp³-hybridized carbons (Fsp3) is 0.818. The van der Waals surface area contributed by atoms with Crippen molar-refractivity contribution in [1.82, 2.24) is 5.32 Å². The Morgan fingerprint density at radius 1 is 1.47 bits per heavy atom. The second kappa shape index (κ2) is 6.74. The second-order valence-corrected chi connectivity index (χ2v) is 5.77. The number of thioether (sulfide) groups is 1. The molecule has 0 aromatic heterocycles. The van der Waals surface area contributed by atoms with E-state index in [9.17, 15) is 4.79 Å². The molecule has 1 aliphatic rings. The molecule has 1 amide bonds. The van der Waals surface area contributed by atoms with Gasteiger partial charge in [0.2, 0.25) is 5.91 Å². The largest absolute Gasteiger partial charge is 0.409 e. The van der Waals surface area contributed by atoms with Gasteiger partial charge < -0.3 is 16.3 Å². The van der Waals surface area contributed by atoms with Gasteiger partial charge in [-0.25, -0.2) is 0 Å². The van der Waals surface area contributed by atoms with E-state index in [1.165, 1.54) is 19.3 Å². The molecule has 0 aromatic rings. The van der Waals surface area contributed by atoms with E-state index in [4.69, 9.17) is 10.9 Å². The molecule has 0 unspecified atom stereocenters. The van der Waals surface area contributed by atoms with E-state index in [-0.39, 0.29) is 22.9 Å². The number of hydrogen-bond donors (Lipinski definition) is 3. The summed E-state index contributed by atoms with van der Waals surface area (Å²) in [4.78, 5) is 11.5. The van der Waals surface area contributed by atoms with E-state index in [2.05, 4.69) is 16.7 Å². The van der Waals surface area contributed by atoms with E-state index in [1.807, 2.05) is 11.8 Å². The summed E-state index contributed by atoms with van der Waals surface area (Å²) in [5, 5.41) is 14.0. The molecule has 17 heavy (non-hydrogen) atoms. The highest BCUT2D eigenvalue weighted by Gasteiger charge is 2.31. The molecule has 0 radical (unpaired) electrons. The lowest BCUT2D eigenvalue weighted by Crippen LogP contribution is -2.42. The highest BCUT2D eigenvalue weighted by atomic mass is 32.2. The Labute approximate surface area is 106 Å². The number of amides is 1. The Morgan fingerprint density at radius 2 is 2.12 bits per heavy atom. The lowest BCUT2D eigenvalue weighted by molar-refractivity contribution is -0.120. The van der Waals surface area contributed by atoms with Gasteiger partial charge in [0.1, 0.15) is 5.84 Å². The highest BCUT2D eigenvalue weighted by molar-refractivity contribution is 8.00. The summed E-state index contributed by atoms with van der Waals surface area (Å²) in [5.74, 6) is -0.233. The number of amidine groups is 1. The zero-order valence-corrected chi connectivity index (χ0v) is 11.1. The lowest BCUT2D eigenvalue weighted by Gasteiger charge is -2.35. The van der Waals surface area contributed by atoms with Crippen molar-refractivity contribution in [2.75, 3.05) is 12.8 Å². The molecular weight excluding hydrogens is 238 g/mol. The number of nitrogens with one attached hydrogen (secondary N) is 1. The summed E-state index contributed by atoms with van der Waals surface area (Å²) in [5.41, 5.74) is 5.28. The third kappa shape index (κ3) is 4.46. The monoisotopic (exact) mass is 259 g/mol. The zero-order valence-electron chi connectivity index (χ0n) is 10.2. The van der Waals surface area contributed by atoms with Crippen LogP contribution in [0.2, 0.25) is 0 Å². The van der Waals surface area contributed by atoms with Crippen LogP contribution in [0.4, 0.5) is 0 Å². The quantitative estimate of drug-likeness (QED) is 0.300. The van der Waals surface area contributed by atoms with Crippen molar-refractivity contribution < 1.29 is 10.0 Å². The average molecular weight is 259 g/mol. The number of rotatable bonds is 5. The molecule has 0 spiro atoms. The minimum absolute atomic E-state index is 0.0407. The van der Waals surface area contributed by atoms with Crippen LogP contribution < -0.4 is 11.1 Å². The van der Waals surface area contributed by atoms with Crippen LogP contribution in [0.1, 0.15) is 38.5 Å². The van der Waals surface area contributed by atoms with Crippen LogP contribution >= 0.6 is 11.8 Å². The van der Waals surface area contributed by atoms with Crippen molar-refractivity contribution in [1.29, 1.82) is 0 Å². The van der Waals surface area contributed by atoms with Gasteiger partial charge in [0.15, 0.2) is 0 Å². The smallest absolute Gasteiger partial charge is 0.227 e. The second-order valence-electron chi connectivity index (χ2n) is 4.49. The number of carbonyl (C=O) groups is 1. The Bertz CT molecular complexity index is 288. The van der Waals surface area contributed by atoms with Crippen LogP contribution in [0, 0.1) is 0 Å². The topological polar surface area (TPSA) is 87.7 Å². The normalized spacial score (nSPS) is 19.9. The maximum Gasteiger partial charge on any atom is 0.227 e. The van der Waals surface area contributed by atoms with Crippen LogP contribution in [-0.2, 0) is 4.79 Å². The first-order valence-electron chi connectivity index (χ1n) is 5.90. The predicted molar refractivity (Wildman–Crippen MR) is 70.4 cm³/mol. The van der Waals surface area contributed by atoms with Crippen molar-refractivity contribution in [3.8, 4) is 0 Å². The van der Waals surface area contributed by atoms with Crippen molar-refractivity contribution >= 4 is 23.5 Å². The molecule has 4 N–H and O–H groups in total. The van der Waals surface area contributed by atoms with E-state index >= 15 is 0 Å². The first-order chi connectivity index (χ1) is 8.12. The molecule has 0 bridgehead atoms. The molecule has 0 aromatic carbocycles. The van der Waals surface area contributed by atoms with Gasteiger partial charge in [0, 0.05) is 11.3 Å². The van der Waals surface area contributed by atoms with E-state index in [1.54, 1.807) is 0 Å². The zero-order chi connectivity index (χ0) is 12.7. The van der Waals surface area contributed by atoms with Crippen molar-refractivity contribution in [2.45, 2.75) is 43.3 Å². The van der Waals surface area contributed by atoms with Crippen LogP contribution in [0.15, 0.2) is 5.16 Å². The van der Waals surface area contributed by atoms with Crippen molar-refractivity contribution in [3.63, 3.8) is 0 Å². The van der Waals surface area contributed by atoms with Crippen molar-refractivity contribution in [3.05, 3.63) is 0 Å². The van der Waals surface area contributed by atoms with E-state index in [0.29, 0.717) is 6.54 Å². The van der Waals surface area contributed by atoms with Crippen LogP contribution in [0.3, 0.4) is 0 Å². The minimum atomic E-state index is -0.181. The third-order valence-electron chi connectivity index (χ3n) is 3.28. The van der Waals surface area contributed by atoms with Gasteiger partial charge in [-0.05, 0) is 19.1 Å². The van der Waals surface area contributed by atoms with E-state index in [0.717, 1.165) is 12.8 Å². The van der Waals surface area contributed by atoms with Crippen LogP contribution in [0.25, 0.3) is 0 Å². The minimum Gasteiger partial charge on any atom is -0.409 e.